The lowest BCUT2D eigenvalue weighted by atomic mass is 9.84. The third kappa shape index (κ3) is 4.09. The van der Waals surface area contributed by atoms with Crippen LogP contribution in [0.2, 0.25) is 0 Å². The number of ether oxygens (including phenoxy) is 1. The van der Waals surface area contributed by atoms with Crippen LogP contribution in [0.15, 0.2) is 41.4 Å². The maximum atomic E-state index is 14.1. The molecule has 2 heterocycles. The fourth-order valence-corrected chi connectivity index (χ4v) is 3.83. The van der Waals surface area contributed by atoms with Gasteiger partial charge in [-0.15, -0.1) is 0 Å². The predicted molar refractivity (Wildman–Crippen MR) is 109 cm³/mol. The Kier molecular flexibility index (Phi) is 5.60. The molecule has 0 saturated carbocycles. The molecule has 0 aliphatic carbocycles. The number of fused-ring (bicyclic) bond motifs is 2. The van der Waals surface area contributed by atoms with E-state index in [9.17, 15) is 23.2 Å². The number of likely N-dealkylation sites (tertiary alicyclic amines) is 1. The van der Waals surface area contributed by atoms with Gasteiger partial charge in [0.15, 0.2) is 5.78 Å². The van der Waals surface area contributed by atoms with Crippen molar-refractivity contribution in [2.24, 2.45) is 10.9 Å². The molecule has 0 aromatic heterocycles. The fourth-order valence-electron chi connectivity index (χ4n) is 3.83. The molecule has 1 amide bonds. The van der Waals surface area contributed by atoms with Crippen molar-refractivity contribution < 1.29 is 27.9 Å². The number of amides is 1. The molecule has 0 bridgehead atoms. The SMILES string of the molecule is COC(=O)c1ccc(NC(=O)CN2CCC3=Nc4c(F)ccc(F)c4C(=O)C3C2)cc1. The molecule has 2 aliphatic heterocycles. The van der Waals surface area contributed by atoms with Crippen LogP contribution in [-0.4, -0.2) is 55.0 Å². The first-order chi connectivity index (χ1) is 14.9. The zero-order chi connectivity index (χ0) is 22.1. The van der Waals surface area contributed by atoms with Gasteiger partial charge in [-0.25, -0.2) is 13.6 Å². The van der Waals surface area contributed by atoms with Crippen molar-refractivity contribution in [2.45, 2.75) is 6.42 Å². The zero-order valence-corrected chi connectivity index (χ0v) is 16.7. The van der Waals surface area contributed by atoms with Gasteiger partial charge in [-0.1, -0.05) is 0 Å². The molecule has 2 aromatic rings. The van der Waals surface area contributed by atoms with Gasteiger partial charge < -0.3 is 10.1 Å². The number of hydrogen-bond donors (Lipinski definition) is 1. The van der Waals surface area contributed by atoms with E-state index < -0.39 is 29.3 Å². The molecule has 1 fully saturated rings. The number of anilines is 1. The quantitative estimate of drug-likeness (QED) is 0.758. The van der Waals surface area contributed by atoms with Crippen molar-refractivity contribution in [3.05, 3.63) is 59.2 Å². The minimum Gasteiger partial charge on any atom is -0.465 e. The average molecular weight is 427 g/mol. The fraction of sp³-hybridized carbons (Fsp3) is 0.273. The number of aliphatic imine (C=N–C) groups is 1. The Morgan fingerprint density at radius 1 is 1.16 bits per heavy atom. The number of benzene rings is 2. The normalized spacial score (nSPS) is 18.0. The summed E-state index contributed by atoms with van der Waals surface area (Å²) in [4.78, 5) is 42.7. The summed E-state index contributed by atoms with van der Waals surface area (Å²) in [5.41, 5.74) is 0.820. The molecule has 1 unspecified atom stereocenters. The van der Waals surface area contributed by atoms with E-state index >= 15 is 0 Å². The van der Waals surface area contributed by atoms with E-state index in [1.54, 1.807) is 17.0 Å². The topological polar surface area (TPSA) is 88.1 Å². The van der Waals surface area contributed by atoms with Gasteiger partial charge in [-0.05, 0) is 42.8 Å². The summed E-state index contributed by atoms with van der Waals surface area (Å²) in [6.45, 7) is 0.680. The molecule has 0 spiro atoms. The summed E-state index contributed by atoms with van der Waals surface area (Å²) in [6, 6.07) is 8.14. The van der Waals surface area contributed by atoms with Crippen molar-refractivity contribution in [1.29, 1.82) is 0 Å². The van der Waals surface area contributed by atoms with E-state index in [-0.39, 0.29) is 30.2 Å². The molecule has 2 aromatic carbocycles. The molecular formula is C22H19F2N3O4. The molecular weight excluding hydrogens is 408 g/mol. The molecule has 9 heteroatoms. The van der Waals surface area contributed by atoms with E-state index in [0.717, 1.165) is 12.1 Å². The first-order valence-electron chi connectivity index (χ1n) is 9.67. The number of carbonyl (C=O) groups excluding carboxylic acids is 3. The highest BCUT2D eigenvalue weighted by atomic mass is 19.1. The van der Waals surface area contributed by atoms with Crippen LogP contribution in [0.3, 0.4) is 0 Å². The summed E-state index contributed by atoms with van der Waals surface area (Å²) < 4.78 is 32.8. The molecule has 160 valence electrons. The average Bonchev–Trinajstić information content (AvgIpc) is 2.76. The van der Waals surface area contributed by atoms with Gasteiger partial charge in [-0.3, -0.25) is 19.5 Å². The van der Waals surface area contributed by atoms with E-state index in [2.05, 4.69) is 15.0 Å². The van der Waals surface area contributed by atoms with Gasteiger partial charge in [-0.2, -0.15) is 0 Å². The molecule has 1 N–H and O–H groups in total. The molecule has 0 radical (unpaired) electrons. The number of methoxy groups -OCH3 is 1. The Hall–Kier alpha value is -3.46. The van der Waals surface area contributed by atoms with Crippen molar-refractivity contribution in [3.8, 4) is 0 Å². The number of hydrogen-bond acceptors (Lipinski definition) is 6. The number of nitrogens with one attached hydrogen (secondary N) is 1. The van der Waals surface area contributed by atoms with Crippen LogP contribution in [0.25, 0.3) is 0 Å². The van der Waals surface area contributed by atoms with Gasteiger partial charge in [0, 0.05) is 24.5 Å². The summed E-state index contributed by atoms with van der Waals surface area (Å²) in [7, 11) is 1.29. The Morgan fingerprint density at radius 2 is 1.87 bits per heavy atom. The van der Waals surface area contributed by atoms with Crippen molar-refractivity contribution in [1.82, 2.24) is 4.90 Å². The van der Waals surface area contributed by atoms with Gasteiger partial charge in [0.25, 0.3) is 0 Å². The smallest absolute Gasteiger partial charge is 0.337 e. The molecule has 7 nitrogen and oxygen atoms in total. The summed E-state index contributed by atoms with van der Waals surface area (Å²) in [5, 5.41) is 2.73. The lowest BCUT2D eigenvalue weighted by Crippen LogP contribution is -2.48. The van der Waals surface area contributed by atoms with Crippen LogP contribution >= 0.6 is 0 Å². The second-order valence-corrected chi connectivity index (χ2v) is 7.38. The van der Waals surface area contributed by atoms with Crippen molar-refractivity contribution >= 4 is 34.7 Å². The predicted octanol–water partition coefficient (Wildman–Crippen LogP) is 2.98. The van der Waals surface area contributed by atoms with Crippen LogP contribution in [0.1, 0.15) is 27.1 Å². The van der Waals surface area contributed by atoms with Crippen LogP contribution in [0.4, 0.5) is 20.2 Å². The summed E-state index contributed by atoms with van der Waals surface area (Å²) >= 11 is 0. The third-order valence-corrected chi connectivity index (χ3v) is 5.38. The van der Waals surface area contributed by atoms with Crippen LogP contribution < -0.4 is 5.32 Å². The Bertz CT molecular complexity index is 1100. The van der Waals surface area contributed by atoms with Gasteiger partial charge in [0.1, 0.15) is 17.3 Å². The van der Waals surface area contributed by atoms with Gasteiger partial charge in [0.2, 0.25) is 5.91 Å². The van der Waals surface area contributed by atoms with Crippen molar-refractivity contribution in [2.75, 3.05) is 32.1 Å². The first kappa shape index (κ1) is 20.8. The van der Waals surface area contributed by atoms with Gasteiger partial charge >= 0.3 is 5.97 Å². The maximum Gasteiger partial charge on any atom is 0.337 e. The number of Topliss-reactive ketones (excluding diaryl/α,β-unsaturated/α-hetero) is 1. The molecule has 4 rings (SSSR count). The minimum atomic E-state index is -0.797. The molecule has 1 atom stereocenters. The number of rotatable bonds is 4. The van der Waals surface area contributed by atoms with Crippen LogP contribution in [0.5, 0.6) is 0 Å². The lowest BCUT2D eigenvalue weighted by Gasteiger charge is -2.34. The monoisotopic (exact) mass is 427 g/mol. The minimum absolute atomic E-state index is 0.0221. The number of esters is 1. The molecule has 2 aliphatic rings. The highest BCUT2D eigenvalue weighted by Gasteiger charge is 2.38. The number of nitrogens with zero attached hydrogens (tertiary/aromatic N) is 2. The van der Waals surface area contributed by atoms with E-state index in [0.29, 0.717) is 29.9 Å². The molecule has 31 heavy (non-hydrogen) atoms. The first-order valence-corrected chi connectivity index (χ1v) is 9.67. The highest BCUT2D eigenvalue weighted by Crippen LogP contribution is 2.35. The van der Waals surface area contributed by atoms with Crippen LogP contribution in [0, 0.1) is 17.6 Å². The standard InChI is InChI=1S/C22H19F2N3O4/c1-31-22(30)12-2-4-13(5-3-12)25-18(28)11-27-9-8-17-14(10-27)21(29)19-15(23)6-7-16(24)20(19)26-17/h2-7,14H,8-11H2,1H3,(H,25,28). The number of halogens is 2. The van der Waals surface area contributed by atoms with E-state index in [1.807, 2.05) is 0 Å². The number of piperidine rings is 1. The zero-order valence-electron chi connectivity index (χ0n) is 16.7. The van der Waals surface area contributed by atoms with Crippen molar-refractivity contribution in [3.63, 3.8) is 0 Å². The number of carbonyl (C=O) groups is 3. The van der Waals surface area contributed by atoms with Gasteiger partial charge in [0.05, 0.1) is 30.7 Å². The Balaban J connectivity index is 1.41. The lowest BCUT2D eigenvalue weighted by molar-refractivity contribution is -0.117. The maximum absolute atomic E-state index is 14.1. The summed E-state index contributed by atoms with van der Waals surface area (Å²) in [6.07, 6.45) is 0.382. The van der Waals surface area contributed by atoms with E-state index in [1.165, 1.54) is 19.2 Å². The summed E-state index contributed by atoms with van der Waals surface area (Å²) in [5.74, 6) is -3.51. The highest BCUT2D eigenvalue weighted by molar-refractivity contribution is 6.18. The van der Waals surface area contributed by atoms with Crippen LogP contribution in [-0.2, 0) is 9.53 Å². The Labute approximate surface area is 176 Å². The van der Waals surface area contributed by atoms with E-state index in [4.69, 9.17) is 0 Å². The second kappa shape index (κ2) is 8.35. The molecule has 1 saturated heterocycles. The Morgan fingerprint density at radius 3 is 2.58 bits per heavy atom. The third-order valence-electron chi connectivity index (χ3n) is 5.38. The second-order valence-electron chi connectivity index (χ2n) is 7.38. The largest absolute Gasteiger partial charge is 0.465 e. The number of ketones is 1.